The maximum absolute atomic E-state index is 11.4. The third-order valence-electron chi connectivity index (χ3n) is 5.06. The monoisotopic (exact) mass is 324 g/mol. The molecule has 1 aromatic heterocycles. The van der Waals surface area contributed by atoms with Gasteiger partial charge in [-0.3, -0.25) is 9.88 Å². The van der Waals surface area contributed by atoms with Crippen molar-refractivity contribution in [1.82, 2.24) is 9.88 Å². The highest BCUT2D eigenvalue weighted by Crippen LogP contribution is 2.35. The minimum absolute atomic E-state index is 0.315. The van der Waals surface area contributed by atoms with E-state index in [9.17, 15) is 9.90 Å². The molecule has 0 saturated carbocycles. The van der Waals surface area contributed by atoms with Crippen molar-refractivity contribution in [3.63, 3.8) is 0 Å². The summed E-state index contributed by atoms with van der Waals surface area (Å²) in [6.45, 7) is 4.82. The van der Waals surface area contributed by atoms with Crippen molar-refractivity contribution in [3.8, 4) is 0 Å². The highest BCUT2D eigenvalue weighted by atomic mass is 16.4. The second kappa shape index (κ2) is 7.58. The minimum Gasteiger partial charge on any atom is -0.478 e. The number of carboxylic acid groups (broad SMARTS) is 1. The van der Waals surface area contributed by atoms with E-state index in [2.05, 4.69) is 47.1 Å². The van der Waals surface area contributed by atoms with E-state index < -0.39 is 5.97 Å². The molecule has 1 N–H and O–H groups in total. The van der Waals surface area contributed by atoms with E-state index in [1.165, 1.54) is 5.56 Å². The molecule has 3 rings (SSSR count). The van der Waals surface area contributed by atoms with Crippen molar-refractivity contribution < 1.29 is 9.90 Å². The van der Waals surface area contributed by atoms with Crippen molar-refractivity contribution in [1.29, 1.82) is 0 Å². The zero-order valence-electron chi connectivity index (χ0n) is 14.1. The summed E-state index contributed by atoms with van der Waals surface area (Å²) in [5.74, 6) is 0.289. The van der Waals surface area contributed by atoms with Gasteiger partial charge >= 0.3 is 5.97 Å². The van der Waals surface area contributed by atoms with Gasteiger partial charge in [-0.2, -0.15) is 0 Å². The lowest BCUT2D eigenvalue weighted by Crippen LogP contribution is -2.39. The molecule has 2 aromatic rings. The summed E-state index contributed by atoms with van der Waals surface area (Å²) in [6, 6.07) is 14.1. The number of aromatic nitrogens is 1. The number of pyridine rings is 1. The molecule has 126 valence electrons. The summed E-state index contributed by atoms with van der Waals surface area (Å²) in [6.07, 6.45) is 3.91. The number of hydrogen-bond donors (Lipinski definition) is 1. The molecular formula is C20H24N2O2. The van der Waals surface area contributed by atoms with Crippen molar-refractivity contribution in [2.45, 2.75) is 32.2 Å². The van der Waals surface area contributed by atoms with E-state index in [-0.39, 0.29) is 0 Å². The first-order valence-corrected chi connectivity index (χ1v) is 8.63. The van der Waals surface area contributed by atoms with Crippen LogP contribution in [0.15, 0.2) is 48.7 Å². The molecule has 0 radical (unpaired) electrons. The van der Waals surface area contributed by atoms with E-state index in [4.69, 9.17) is 0 Å². The Morgan fingerprint density at radius 2 is 2.04 bits per heavy atom. The van der Waals surface area contributed by atoms with Crippen LogP contribution in [0.1, 0.15) is 47.3 Å². The largest absolute Gasteiger partial charge is 0.478 e. The third kappa shape index (κ3) is 3.65. The summed E-state index contributed by atoms with van der Waals surface area (Å²) in [5.41, 5.74) is 2.40. The maximum Gasteiger partial charge on any atom is 0.337 e. The molecule has 0 aliphatic carbocycles. The quantitative estimate of drug-likeness (QED) is 0.909. The predicted molar refractivity (Wildman–Crippen MR) is 94.1 cm³/mol. The lowest BCUT2D eigenvalue weighted by Gasteiger charge is -2.38. The Hall–Kier alpha value is -2.20. The molecular weight excluding hydrogens is 300 g/mol. The number of benzene rings is 1. The topological polar surface area (TPSA) is 53.4 Å². The van der Waals surface area contributed by atoms with E-state index >= 15 is 0 Å². The van der Waals surface area contributed by atoms with Gasteiger partial charge in [0.2, 0.25) is 0 Å². The zero-order chi connectivity index (χ0) is 16.9. The molecule has 2 heterocycles. The van der Waals surface area contributed by atoms with Crippen LogP contribution in [0.2, 0.25) is 0 Å². The van der Waals surface area contributed by atoms with Gasteiger partial charge in [-0.15, -0.1) is 0 Å². The standard InChI is InChI=1S/C20H24N2O2/c1-2-15-13-22(12-10-17(15)16-7-4-3-5-8-16)14-19-18(20(23)24)9-6-11-21-19/h3-9,11,15,17H,2,10,12-14H2,1H3,(H,23,24). The van der Waals surface area contributed by atoms with Crippen molar-refractivity contribution >= 4 is 5.97 Å². The maximum atomic E-state index is 11.4. The molecule has 0 amide bonds. The first-order chi connectivity index (χ1) is 11.7. The Labute approximate surface area is 143 Å². The molecule has 0 spiro atoms. The van der Waals surface area contributed by atoms with Crippen molar-refractivity contribution in [3.05, 3.63) is 65.5 Å². The van der Waals surface area contributed by atoms with E-state index in [0.29, 0.717) is 29.6 Å². The van der Waals surface area contributed by atoms with Gasteiger partial charge in [0.15, 0.2) is 0 Å². The molecule has 1 aliphatic heterocycles. The van der Waals surface area contributed by atoms with Gasteiger partial charge in [0.05, 0.1) is 11.3 Å². The number of nitrogens with zero attached hydrogens (tertiary/aromatic N) is 2. The summed E-state index contributed by atoms with van der Waals surface area (Å²) in [5, 5.41) is 9.33. The number of aromatic carboxylic acids is 1. The number of carboxylic acids is 1. The van der Waals surface area contributed by atoms with Crippen LogP contribution in [0, 0.1) is 5.92 Å². The van der Waals surface area contributed by atoms with Gasteiger partial charge in [-0.1, -0.05) is 43.7 Å². The van der Waals surface area contributed by atoms with E-state index in [1.54, 1.807) is 18.3 Å². The van der Waals surface area contributed by atoms with E-state index in [1.807, 2.05) is 0 Å². The minimum atomic E-state index is -0.899. The van der Waals surface area contributed by atoms with Crippen LogP contribution in [0.3, 0.4) is 0 Å². The lowest BCUT2D eigenvalue weighted by atomic mass is 9.79. The number of carbonyl (C=O) groups is 1. The highest BCUT2D eigenvalue weighted by molar-refractivity contribution is 5.88. The lowest BCUT2D eigenvalue weighted by molar-refractivity contribution is 0.0692. The normalized spacial score (nSPS) is 21.5. The Morgan fingerprint density at radius 3 is 2.75 bits per heavy atom. The van der Waals surface area contributed by atoms with Gasteiger partial charge in [-0.25, -0.2) is 4.79 Å². The molecule has 4 nitrogen and oxygen atoms in total. The smallest absolute Gasteiger partial charge is 0.337 e. The molecule has 0 bridgehead atoms. The Kier molecular flexibility index (Phi) is 5.26. The second-order valence-corrected chi connectivity index (χ2v) is 6.51. The summed E-state index contributed by atoms with van der Waals surface area (Å²) < 4.78 is 0. The molecule has 1 aromatic carbocycles. The van der Waals surface area contributed by atoms with Crippen LogP contribution in [0.4, 0.5) is 0 Å². The van der Waals surface area contributed by atoms with Crippen molar-refractivity contribution in [2.24, 2.45) is 5.92 Å². The fourth-order valence-corrected chi connectivity index (χ4v) is 3.77. The molecule has 1 saturated heterocycles. The van der Waals surface area contributed by atoms with Gasteiger partial charge in [0.1, 0.15) is 0 Å². The van der Waals surface area contributed by atoms with Gasteiger partial charge in [0, 0.05) is 19.3 Å². The van der Waals surface area contributed by atoms with Gasteiger partial charge in [0.25, 0.3) is 0 Å². The first kappa shape index (κ1) is 16.7. The fourth-order valence-electron chi connectivity index (χ4n) is 3.77. The third-order valence-corrected chi connectivity index (χ3v) is 5.06. The van der Waals surface area contributed by atoms with Crippen LogP contribution >= 0.6 is 0 Å². The summed E-state index contributed by atoms with van der Waals surface area (Å²) in [4.78, 5) is 18.0. The Bertz CT molecular complexity index is 687. The average Bonchev–Trinajstić information content (AvgIpc) is 2.62. The summed E-state index contributed by atoms with van der Waals surface area (Å²) in [7, 11) is 0. The average molecular weight is 324 g/mol. The Balaban J connectivity index is 1.72. The Morgan fingerprint density at radius 1 is 1.25 bits per heavy atom. The number of likely N-dealkylation sites (tertiary alicyclic amines) is 1. The second-order valence-electron chi connectivity index (χ2n) is 6.51. The van der Waals surface area contributed by atoms with Crippen LogP contribution in [-0.4, -0.2) is 34.0 Å². The molecule has 1 aliphatic rings. The van der Waals surface area contributed by atoms with E-state index in [0.717, 1.165) is 25.9 Å². The number of hydrogen-bond acceptors (Lipinski definition) is 3. The van der Waals surface area contributed by atoms with Gasteiger partial charge < -0.3 is 5.11 Å². The molecule has 1 fully saturated rings. The zero-order valence-corrected chi connectivity index (χ0v) is 14.1. The number of rotatable bonds is 5. The molecule has 2 unspecified atom stereocenters. The molecule has 24 heavy (non-hydrogen) atoms. The molecule has 4 heteroatoms. The summed E-state index contributed by atoms with van der Waals surface area (Å²) >= 11 is 0. The van der Waals surface area contributed by atoms with Crippen molar-refractivity contribution in [2.75, 3.05) is 13.1 Å². The van der Waals surface area contributed by atoms with Crippen LogP contribution < -0.4 is 0 Å². The first-order valence-electron chi connectivity index (χ1n) is 8.63. The SMILES string of the molecule is CCC1CN(Cc2ncccc2C(=O)O)CCC1c1ccccc1. The highest BCUT2D eigenvalue weighted by Gasteiger charge is 2.29. The predicted octanol–water partition coefficient (Wildman–Crippen LogP) is 3.80. The van der Waals surface area contributed by atoms with Gasteiger partial charge in [-0.05, 0) is 42.5 Å². The van der Waals surface area contributed by atoms with Crippen LogP contribution in [-0.2, 0) is 6.54 Å². The van der Waals surface area contributed by atoms with Crippen LogP contribution in [0.25, 0.3) is 0 Å². The van der Waals surface area contributed by atoms with Crippen LogP contribution in [0.5, 0.6) is 0 Å². The molecule has 2 atom stereocenters. The number of piperidine rings is 1. The fraction of sp³-hybridized carbons (Fsp3) is 0.400.